The second kappa shape index (κ2) is 6.07. The number of benzene rings is 2. The number of likely N-dealkylation sites (tertiary alicyclic amines) is 1. The lowest BCUT2D eigenvalue weighted by Gasteiger charge is -2.34. The van der Waals surface area contributed by atoms with Crippen LogP contribution in [0.1, 0.15) is 18.9 Å². The van der Waals surface area contributed by atoms with E-state index in [1.54, 1.807) is 0 Å². The van der Waals surface area contributed by atoms with Crippen LogP contribution >= 0.6 is 11.6 Å². The molecular formula is C18H20ClNO. The van der Waals surface area contributed by atoms with Gasteiger partial charge in [-0.2, -0.15) is 0 Å². The lowest BCUT2D eigenvalue weighted by atomic mass is 9.98. The fraction of sp³-hybridized carbons (Fsp3) is 0.389. The summed E-state index contributed by atoms with van der Waals surface area (Å²) in [5.74, 6) is 0.680. The normalized spacial score (nSPS) is 22.5. The van der Waals surface area contributed by atoms with Crippen LogP contribution in [-0.2, 0) is 11.2 Å². The Morgan fingerprint density at radius 3 is 2.76 bits per heavy atom. The number of carbonyl (C=O) groups excluding carboxylic acids is 1. The lowest BCUT2D eigenvalue weighted by molar-refractivity contribution is -0.131. The molecule has 1 saturated heterocycles. The van der Waals surface area contributed by atoms with Gasteiger partial charge in [-0.15, -0.1) is 11.6 Å². The average molecular weight is 302 g/mol. The van der Waals surface area contributed by atoms with Crippen LogP contribution in [0, 0.1) is 5.92 Å². The second-order valence-corrected chi connectivity index (χ2v) is 6.54. The summed E-state index contributed by atoms with van der Waals surface area (Å²) in [6, 6.07) is 14.5. The molecule has 0 saturated carbocycles. The van der Waals surface area contributed by atoms with Crippen LogP contribution in [0.15, 0.2) is 42.5 Å². The van der Waals surface area contributed by atoms with Gasteiger partial charge >= 0.3 is 0 Å². The number of alkyl halides is 1. The summed E-state index contributed by atoms with van der Waals surface area (Å²) >= 11 is 6.29. The molecule has 1 heterocycles. The first kappa shape index (κ1) is 14.4. The van der Waals surface area contributed by atoms with E-state index in [-0.39, 0.29) is 11.3 Å². The van der Waals surface area contributed by atoms with Gasteiger partial charge in [-0.05, 0) is 28.7 Å². The van der Waals surface area contributed by atoms with E-state index in [1.807, 2.05) is 23.1 Å². The highest BCUT2D eigenvalue weighted by Crippen LogP contribution is 2.23. The monoisotopic (exact) mass is 301 g/mol. The van der Waals surface area contributed by atoms with E-state index < -0.39 is 0 Å². The van der Waals surface area contributed by atoms with Gasteiger partial charge < -0.3 is 4.90 Å². The van der Waals surface area contributed by atoms with Crippen molar-refractivity contribution >= 4 is 28.3 Å². The van der Waals surface area contributed by atoms with Crippen LogP contribution < -0.4 is 0 Å². The summed E-state index contributed by atoms with van der Waals surface area (Å²) < 4.78 is 0. The maximum atomic E-state index is 12.4. The van der Waals surface area contributed by atoms with Gasteiger partial charge in [-0.3, -0.25) is 4.79 Å². The molecule has 0 bridgehead atoms. The number of halogens is 1. The summed E-state index contributed by atoms with van der Waals surface area (Å²) in [4.78, 5) is 14.3. The number of fused-ring (bicyclic) bond motifs is 1. The largest absolute Gasteiger partial charge is 0.341 e. The van der Waals surface area contributed by atoms with Crippen LogP contribution in [-0.4, -0.2) is 29.3 Å². The minimum atomic E-state index is 0.0827. The van der Waals surface area contributed by atoms with E-state index in [2.05, 4.69) is 31.2 Å². The summed E-state index contributed by atoms with van der Waals surface area (Å²) in [5.41, 5.74) is 1.07. The quantitative estimate of drug-likeness (QED) is 0.771. The molecule has 3 heteroatoms. The van der Waals surface area contributed by atoms with Crippen molar-refractivity contribution < 1.29 is 4.79 Å². The lowest BCUT2D eigenvalue weighted by Crippen LogP contribution is -2.44. The smallest absolute Gasteiger partial charge is 0.227 e. The van der Waals surface area contributed by atoms with E-state index in [0.29, 0.717) is 18.9 Å². The Morgan fingerprint density at radius 1 is 1.24 bits per heavy atom. The molecule has 0 radical (unpaired) electrons. The highest BCUT2D eigenvalue weighted by molar-refractivity contribution is 6.21. The molecule has 0 aromatic heterocycles. The van der Waals surface area contributed by atoms with Crippen LogP contribution in [0.3, 0.4) is 0 Å². The number of amides is 1. The van der Waals surface area contributed by atoms with E-state index in [4.69, 9.17) is 11.6 Å². The first-order valence-corrected chi connectivity index (χ1v) is 7.96. The maximum absolute atomic E-state index is 12.4. The predicted octanol–water partition coefficient (Wildman–Crippen LogP) is 3.86. The fourth-order valence-electron chi connectivity index (χ4n) is 2.88. The summed E-state index contributed by atoms with van der Waals surface area (Å²) in [6.45, 7) is 3.66. The SMILES string of the molecule is CC1CCN(C(=O)Cc2ccc3ccccc3c2)CC1Cl. The first-order chi connectivity index (χ1) is 10.1. The van der Waals surface area contributed by atoms with E-state index in [9.17, 15) is 4.79 Å². The molecule has 2 aromatic rings. The van der Waals surface area contributed by atoms with Crippen molar-refractivity contribution in [1.29, 1.82) is 0 Å². The zero-order valence-corrected chi connectivity index (χ0v) is 13.0. The van der Waals surface area contributed by atoms with Gasteiger partial charge in [0.05, 0.1) is 11.8 Å². The Hall–Kier alpha value is -1.54. The van der Waals surface area contributed by atoms with Crippen molar-refractivity contribution in [2.75, 3.05) is 13.1 Å². The van der Waals surface area contributed by atoms with E-state index in [0.717, 1.165) is 18.5 Å². The predicted molar refractivity (Wildman–Crippen MR) is 87.7 cm³/mol. The van der Waals surface area contributed by atoms with Crippen LogP contribution in [0.2, 0.25) is 0 Å². The molecule has 1 aliphatic rings. The molecule has 2 aromatic carbocycles. The van der Waals surface area contributed by atoms with Crippen molar-refractivity contribution in [1.82, 2.24) is 4.90 Å². The fourth-order valence-corrected chi connectivity index (χ4v) is 3.18. The summed E-state index contributed by atoms with van der Waals surface area (Å²) in [6.07, 6.45) is 1.46. The molecular weight excluding hydrogens is 282 g/mol. The number of carbonyl (C=O) groups is 1. The van der Waals surface area contributed by atoms with Crippen LogP contribution in [0.25, 0.3) is 10.8 Å². The third-order valence-electron chi connectivity index (χ3n) is 4.39. The van der Waals surface area contributed by atoms with Crippen molar-refractivity contribution in [3.63, 3.8) is 0 Å². The number of nitrogens with zero attached hydrogens (tertiary/aromatic N) is 1. The third kappa shape index (κ3) is 3.21. The molecule has 1 aliphatic heterocycles. The Morgan fingerprint density at radius 2 is 2.00 bits per heavy atom. The molecule has 0 spiro atoms. The minimum absolute atomic E-state index is 0.0827. The first-order valence-electron chi connectivity index (χ1n) is 7.53. The van der Waals surface area contributed by atoms with Crippen molar-refractivity contribution in [2.45, 2.75) is 25.1 Å². The van der Waals surface area contributed by atoms with Gasteiger partial charge in [0.2, 0.25) is 5.91 Å². The molecule has 2 unspecified atom stereocenters. The van der Waals surface area contributed by atoms with Crippen molar-refractivity contribution in [3.05, 3.63) is 48.0 Å². The van der Waals surface area contributed by atoms with Gasteiger partial charge in [-0.25, -0.2) is 0 Å². The molecule has 0 aliphatic carbocycles. The van der Waals surface area contributed by atoms with Gasteiger partial charge in [0.25, 0.3) is 0 Å². The molecule has 2 atom stereocenters. The Kier molecular flexibility index (Phi) is 4.16. The molecule has 110 valence electrons. The number of hydrogen-bond donors (Lipinski definition) is 0. The summed E-state index contributed by atoms with van der Waals surface area (Å²) in [7, 11) is 0. The van der Waals surface area contributed by atoms with Crippen molar-refractivity contribution in [3.8, 4) is 0 Å². The molecule has 0 N–H and O–H groups in total. The highest BCUT2D eigenvalue weighted by Gasteiger charge is 2.27. The Labute approximate surface area is 130 Å². The zero-order valence-electron chi connectivity index (χ0n) is 12.3. The Bertz CT molecular complexity index is 654. The van der Waals surface area contributed by atoms with E-state index >= 15 is 0 Å². The molecule has 1 fully saturated rings. The third-order valence-corrected chi connectivity index (χ3v) is 4.96. The maximum Gasteiger partial charge on any atom is 0.227 e. The number of rotatable bonds is 2. The van der Waals surface area contributed by atoms with Crippen molar-refractivity contribution in [2.24, 2.45) is 5.92 Å². The number of piperidine rings is 1. The van der Waals surface area contributed by atoms with Crippen LogP contribution in [0.4, 0.5) is 0 Å². The van der Waals surface area contributed by atoms with Gasteiger partial charge in [0.15, 0.2) is 0 Å². The topological polar surface area (TPSA) is 20.3 Å². The Balaban J connectivity index is 1.71. The number of hydrogen-bond acceptors (Lipinski definition) is 1. The minimum Gasteiger partial charge on any atom is -0.341 e. The highest BCUT2D eigenvalue weighted by atomic mass is 35.5. The average Bonchev–Trinajstić information content (AvgIpc) is 2.50. The van der Waals surface area contributed by atoms with Gasteiger partial charge in [0, 0.05) is 13.1 Å². The van der Waals surface area contributed by atoms with Gasteiger partial charge in [0.1, 0.15) is 0 Å². The van der Waals surface area contributed by atoms with Crippen LogP contribution in [0.5, 0.6) is 0 Å². The second-order valence-electron chi connectivity index (χ2n) is 5.98. The summed E-state index contributed by atoms with van der Waals surface area (Å²) in [5, 5.41) is 2.48. The zero-order chi connectivity index (χ0) is 14.8. The molecule has 2 nitrogen and oxygen atoms in total. The molecule has 3 rings (SSSR count). The van der Waals surface area contributed by atoms with E-state index in [1.165, 1.54) is 10.8 Å². The standard InChI is InChI=1S/C18H20ClNO/c1-13-8-9-20(12-17(13)19)18(21)11-14-6-7-15-4-2-3-5-16(15)10-14/h2-7,10,13,17H,8-9,11-12H2,1H3. The molecule has 21 heavy (non-hydrogen) atoms. The van der Waals surface area contributed by atoms with Gasteiger partial charge in [-0.1, -0.05) is 49.4 Å². The molecule has 1 amide bonds.